The van der Waals surface area contributed by atoms with E-state index in [0.29, 0.717) is 11.9 Å². The summed E-state index contributed by atoms with van der Waals surface area (Å²) in [4.78, 5) is 17.4. The molecule has 0 bridgehead atoms. The molecule has 0 aromatic carbocycles. The van der Waals surface area contributed by atoms with Gasteiger partial charge in [-0.3, -0.25) is 0 Å². The number of anilines is 2. The monoisotopic (exact) mass is 297 g/mol. The Balaban J connectivity index is 2.15. The van der Waals surface area contributed by atoms with Crippen LogP contribution in [0.5, 0.6) is 0 Å². The van der Waals surface area contributed by atoms with Gasteiger partial charge in [0, 0.05) is 26.7 Å². The van der Waals surface area contributed by atoms with Crippen molar-refractivity contribution in [2.24, 2.45) is 5.92 Å². The lowest BCUT2D eigenvalue weighted by molar-refractivity contribution is 0.550. The highest BCUT2D eigenvalue weighted by Gasteiger charge is 2.17. The van der Waals surface area contributed by atoms with Gasteiger partial charge in [-0.25, -0.2) is 0 Å². The van der Waals surface area contributed by atoms with Gasteiger partial charge in [0.15, 0.2) is 0 Å². The van der Waals surface area contributed by atoms with Crippen molar-refractivity contribution in [3.63, 3.8) is 0 Å². The SMILES string of the molecule is CCC(C)CN(C)c1nc(Cl)nc(N2CCCCC2)n1. The highest BCUT2D eigenvalue weighted by molar-refractivity contribution is 6.28. The average molecular weight is 298 g/mol. The van der Waals surface area contributed by atoms with Crippen LogP contribution in [0.3, 0.4) is 0 Å². The molecule has 6 heteroatoms. The van der Waals surface area contributed by atoms with Crippen LogP contribution in [0, 0.1) is 5.92 Å². The van der Waals surface area contributed by atoms with Crippen molar-refractivity contribution in [3.8, 4) is 0 Å². The van der Waals surface area contributed by atoms with Crippen molar-refractivity contribution >= 4 is 23.5 Å². The van der Waals surface area contributed by atoms with E-state index in [4.69, 9.17) is 11.6 Å². The summed E-state index contributed by atoms with van der Waals surface area (Å²) in [7, 11) is 2.01. The van der Waals surface area contributed by atoms with Crippen LogP contribution >= 0.6 is 11.6 Å². The molecule has 1 saturated heterocycles. The van der Waals surface area contributed by atoms with Crippen LogP contribution in [0.4, 0.5) is 11.9 Å². The lowest BCUT2D eigenvalue weighted by Gasteiger charge is -2.28. The third kappa shape index (κ3) is 3.95. The van der Waals surface area contributed by atoms with Crippen LogP contribution in [-0.2, 0) is 0 Å². The highest BCUT2D eigenvalue weighted by atomic mass is 35.5. The molecule has 1 atom stereocenters. The fourth-order valence-electron chi connectivity index (χ4n) is 2.41. The Kier molecular flexibility index (Phi) is 5.40. The minimum Gasteiger partial charge on any atom is -0.343 e. The molecular weight excluding hydrogens is 274 g/mol. The molecule has 1 aliphatic rings. The van der Waals surface area contributed by atoms with Gasteiger partial charge in [0.1, 0.15) is 0 Å². The van der Waals surface area contributed by atoms with Crippen LogP contribution in [0.2, 0.25) is 5.28 Å². The first-order valence-electron chi connectivity index (χ1n) is 7.47. The van der Waals surface area contributed by atoms with Gasteiger partial charge in [-0.2, -0.15) is 15.0 Å². The van der Waals surface area contributed by atoms with Gasteiger partial charge in [-0.1, -0.05) is 20.3 Å². The van der Waals surface area contributed by atoms with Crippen molar-refractivity contribution < 1.29 is 0 Å². The number of aromatic nitrogens is 3. The molecule has 1 aromatic rings. The Morgan fingerprint density at radius 3 is 2.55 bits per heavy atom. The van der Waals surface area contributed by atoms with Crippen molar-refractivity contribution in [1.82, 2.24) is 15.0 Å². The molecule has 1 aromatic heterocycles. The standard InChI is InChI=1S/C14H24ClN5/c1-4-11(2)10-19(3)13-16-12(15)17-14(18-13)20-8-6-5-7-9-20/h11H,4-10H2,1-3H3. The molecule has 0 N–H and O–H groups in total. The lowest BCUT2D eigenvalue weighted by atomic mass is 10.1. The fraction of sp³-hybridized carbons (Fsp3) is 0.786. The van der Waals surface area contributed by atoms with E-state index in [1.807, 2.05) is 7.05 Å². The summed E-state index contributed by atoms with van der Waals surface area (Å²) in [5.74, 6) is 2.00. The van der Waals surface area contributed by atoms with Crippen LogP contribution < -0.4 is 9.80 Å². The van der Waals surface area contributed by atoms with Crippen LogP contribution in [0.1, 0.15) is 39.5 Å². The summed E-state index contributed by atoms with van der Waals surface area (Å²) in [5.41, 5.74) is 0. The quantitative estimate of drug-likeness (QED) is 0.836. The molecule has 2 heterocycles. The van der Waals surface area contributed by atoms with E-state index in [0.717, 1.165) is 32.0 Å². The van der Waals surface area contributed by atoms with E-state index >= 15 is 0 Å². The molecule has 112 valence electrons. The van der Waals surface area contributed by atoms with Gasteiger partial charge in [0.25, 0.3) is 0 Å². The highest BCUT2D eigenvalue weighted by Crippen LogP contribution is 2.20. The molecular formula is C14H24ClN5. The topological polar surface area (TPSA) is 45.2 Å². The van der Waals surface area contributed by atoms with Gasteiger partial charge in [-0.15, -0.1) is 0 Å². The number of piperidine rings is 1. The lowest BCUT2D eigenvalue weighted by Crippen LogP contribution is -2.32. The number of rotatable bonds is 5. The van der Waals surface area contributed by atoms with Crippen molar-refractivity contribution in [1.29, 1.82) is 0 Å². The summed E-state index contributed by atoms with van der Waals surface area (Å²) in [5, 5.41) is 0.284. The largest absolute Gasteiger partial charge is 0.343 e. The molecule has 0 radical (unpaired) electrons. The molecule has 1 aliphatic heterocycles. The number of nitrogens with zero attached hydrogens (tertiary/aromatic N) is 5. The van der Waals surface area contributed by atoms with E-state index in [-0.39, 0.29) is 5.28 Å². The summed E-state index contributed by atoms with van der Waals surface area (Å²) >= 11 is 6.07. The van der Waals surface area contributed by atoms with Gasteiger partial charge in [0.05, 0.1) is 0 Å². The number of hydrogen-bond donors (Lipinski definition) is 0. The zero-order valence-electron chi connectivity index (χ0n) is 12.6. The van der Waals surface area contributed by atoms with Crippen molar-refractivity contribution in [2.75, 3.05) is 36.5 Å². The Morgan fingerprint density at radius 2 is 1.90 bits per heavy atom. The maximum absolute atomic E-state index is 6.07. The van der Waals surface area contributed by atoms with Gasteiger partial charge < -0.3 is 9.80 Å². The Bertz CT molecular complexity index is 434. The number of halogens is 1. The molecule has 0 spiro atoms. The summed E-state index contributed by atoms with van der Waals surface area (Å²) in [6, 6.07) is 0. The molecule has 0 aliphatic carbocycles. The van der Waals surface area contributed by atoms with E-state index in [1.54, 1.807) is 0 Å². The van der Waals surface area contributed by atoms with Gasteiger partial charge in [-0.05, 0) is 36.8 Å². The predicted octanol–water partition coefficient (Wildman–Crippen LogP) is 3.00. The second-order valence-electron chi connectivity index (χ2n) is 5.65. The maximum Gasteiger partial charge on any atom is 0.231 e. The second-order valence-corrected chi connectivity index (χ2v) is 5.98. The van der Waals surface area contributed by atoms with E-state index in [1.165, 1.54) is 19.3 Å². The average Bonchev–Trinajstić information content (AvgIpc) is 2.47. The van der Waals surface area contributed by atoms with Crippen LogP contribution in [-0.4, -0.2) is 41.6 Å². The minimum absolute atomic E-state index is 0.284. The Labute approximate surface area is 126 Å². The smallest absolute Gasteiger partial charge is 0.231 e. The molecule has 2 rings (SSSR count). The molecule has 1 unspecified atom stereocenters. The fourth-order valence-corrected chi connectivity index (χ4v) is 2.56. The number of hydrogen-bond acceptors (Lipinski definition) is 5. The first-order chi connectivity index (χ1) is 9.60. The predicted molar refractivity (Wildman–Crippen MR) is 83.6 cm³/mol. The molecule has 0 amide bonds. The summed E-state index contributed by atoms with van der Waals surface area (Å²) < 4.78 is 0. The van der Waals surface area contributed by atoms with Crippen molar-refractivity contribution in [2.45, 2.75) is 39.5 Å². The maximum atomic E-state index is 6.07. The normalized spacial score (nSPS) is 17.1. The minimum atomic E-state index is 0.284. The van der Waals surface area contributed by atoms with Crippen molar-refractivity contribution in [3.05, 3.63) is 5.28 Å². The molecule has 5 nitrogen and oxygen atoms in total. The van der Waals surface area contributed by atoms with Gasteiger partial charge in [0.2, 0.25) is 17.2 Å². The molecule has 1 fully saturated rings. The molecule has 20 heavy (non-hydrogen) atoms. The summed E-state index contributed by atoms with van der Waals surface area (Å²) in [6.45, 7) is 7.36. The van der Waals surface area contributed by atoms with E-state index in [9.17, 15) is 0 Å². The first kappa shape index (κ1) is 15.3. The van der Waals surface area contributed by atoms with E-state index in [2.05, 4.69) is 38.6 Å². The molecule has 0 saturated carbocycles. The summed E-state index contributed by atoms with van der Waals surface area (Å²) in [6.07, 6.45) is 4.82. The zero-order chi connectivity index (χ0) is 14.5. The third-order valence-electron chi connectivity index (χ3n) is 3.85. The van der Waals surface area contributed by atoms with Crippen LogP contribution in [0.15, 0.2) is 0 Å². The zero-order valence-corrected chi connectivity index (χ0v) is 13.4. The van der Waals surface area contributed by atoms with Gasteiger partial charge >= 0.3 is 0 Å². The third-order valence-corrected chi connectivity index (χ3v) is 4.02. The second kappa shape index (κ2) is 7.07. The first-order valence-corrected chi connectivity index (χ1v) is 7.85. The van der Waals surface area contributed by atoms with E-state index < -0.39 is 0 Å². The Morgan fingerprint density at radius 1 is 1.20 bits per heavy atom. The Hall–Kier alpha value is -1.10. The van der Waals surface area contributed by atoms with Crippen LogP contribution in [0.25, 0.3) is 0 Å².